The van der Waals surface area contributed by atoms with Crippen molar-refractivity contribution in [2.45, 2.75) is 69.3 Å². The average molecular weight is 547 g/mol. The Kier molecular flexibility index (Phi) is 7.48. The van der Waals surface area contributed by atoms with E-state index in [1.54, 1.807) is 0 Å². The number of nitrogens with zero attached hydrogens (tertiary/aromatic N) is 1. The third-order valence-electron chi connectivity index (χ3n) is 6.88. The molecule has 1 amide bonds. The van der Waals surface area contributed by atoms with Crippen LogP contribution in [0.2, 0.25) is 0 Å². The van der Waals surface area contributed by atoms with Gasteiger partial charge in [-0.15, -0.1) is 0 Å². The largest absolute Gasteiger partial charge is 0.460 e. The van der Waals surface area contributed by atoms with Crippen LogP contribution in [0.15, 0.2) is 42.5 Å². The summed E-state index contributed by atoms with van der Waals surface area (Å²) in [6, 6.07) is 5.81. The molecule has 0 aromatic heterocycles. The van der Waals surface area contributed by atoms with Crippen molar-refractivity contribution in [2.24, 2.45) is 0 Å². The number of amides is 1. The van der Waals surface area contributed by atoms with E-state index in [1.165, 1.54) is 43.0 Å². The van der Waals surface area contributed by atoms with E-state index in [0.29, 0.717) is 17.7 Å². The lowest BCUT2D eigenvalue weighted by atomic mass is 9.84. The lowest BCUT2D eigenvalue weighted by molar-refractivity contribution is -0.158. The summed E-state index contributed by atoms with van der Waals surface area (Å²) in [6.45, 7) is 2.49. The molecule has 5 atom stereocenters. The van der Waals surface area contributed by atoms with Crippen LogP contribution in [0.25, 0.3) is 0 Å². The van der Waals surface area contributed by atoms with Gasteiger partial charge in [-0.05, 0) is 54.8 Å². The van der Waals surface area contributed by atoms with Gasteiger partial charge in [-0.1, -0.05) is 12.1 Å². The first-order valence-electron chi connectivity index (χ1n) is 11.8. The van der Waals surface area contributed by atoms with Crippen molar-refractivity contribution < 1.29 is 49.8 Å². The number of esters is 1. The van der Waals surface area contributed by atoms with Gasteiger partial charge in [0.2, 0.25) is 5.91 Å². The van der Waals surface area contributed by atoms with Gasteiger partial charge in [-0.25, -0.2) is 4.39 Å². The number of ether oxygens (including phenoxy) is 2. The predicted molar refractivity (Wildman–Crippen MR) is 119 cm³/mol. The van der Waals surface area contributed by atoms with Crippen molar-refractivity contribution in [3.63, 3.8) is 0 Å². The molecule has 2 aliphatic heterocycles. The van der Waals surface area contributed by atoms with Crippen molar-refractivity contribution in [2.75, 3.05) is 6.54 Å². The van der Waals surface area contributed by atoms with E-state index in [4.69, 9.17) is 9.47 Å². The first kappa shape index (κ1) is 27.9. The van der Waals surface area contributed by atoms with Crippen LogP contribution in [0, 0.1) is 5.82 Å². The molecule has 4 rings (SSSR count). The summed E-state index contributed by atoms with van der Waals surface area (Å²) in [5.74, 6) is -2.07. The van der Waals surface area contributed by atoms with Gasteiger partial charge < -0.3 is 14.4 Å². The van der Waals surface area contributed by atoms with Gasteiger partial charge in [0.1, 0.15) is 11.9 Å². The Morgan fingerprint density at radius 1 is 0.974 bits per heavy atom. The summed E-state index contributed by atoms with van der Waals surface area (Å²) >= 11 is 0. The van der Waals surface area contributed by atoms with E-state index in [2.05, 4.69) is 0 Å². The third kappa shape index (κ3) is 5.79. The Morgan fingerprint density at radius 2 is 1.55 bits per heavy atom. The van der Waals surface area contributed by atoms with Gasteiger partial charge >= 0.3 is 18.3 Å². The smallest absolute Gasteiger partial charge is 0.416 e. The molecule has 12 heteroatoms. The Hall–Kier alpha value is -3.15. The van der Waals surface area contributed by atoms with Gasteiger partial charge in [0.05, 0.1) is 29.4 Å². The quantitative estimate of drug-likeness (QED) is 0.339. The lowest BCUT2D eigenvalue weighted by Gasteiger charge is -2.38. The molecule has 2 saturated heterocycles. The van der Waals surface area contributed by atoms with Crippen LogP contribution in [-0.4, -0.2) is 41.6 Å². The molecule has 0 bridgehead atoms. The summed E-state index contributed by atoms with van der Waals surface area (Å²) in [6.07, 6.45) is -12.6. The molecule has 0 radical (unpaired) electrons. The summed E-state index contributed by atoms with van der Waals surface area (Å²) < 4.78 is 106. The number of alkyl halides is 6. The van der Waals surface area contributed by atoms with E-state index >= 15 is 0 Å². The van der Waals surface area contributed by atoms with E-state index in [1.807, 2.05) is 0 Å². The molecule has 2 heterocycles. The number of hydrogen-bond acceptors (Lipinski definition) is 4. The topological polar surface area (TPSA) is 55.8 Å². The first-order chi connectivity index (χ1) is 17.6. The molecule has 0 saturated carbocycles. The van der Waals surface area contributed by atoms with Gasteiger partial charge in [0.15, 0.2) is 0 Å². The molecular weight excluding hydrogens is 523 g/mol. The Morgan fingerprint density at radius 3 is 2.08 bits per heavy atom. The molecule has 2 aliphatic rings. The average Bonchev–Trinajstić information content (AvgIpc) is 3.20. The molecule has 206 valence electrons. The number of rotatable bonds is 5. The molecule has 0 aliphatic carbocycles. The maximum absolute atomic E-state index is 13.7. The number of hydrogen-bond donors (Lipinski definition) is 0. The first-order valence-corrected chi connectivity index (χ1v) is 11.8. The minimum absolute atomic E-state index is 0.0374. The molecule has 2 aromatic carbocycles. The van der Waals surface area contributed by atoms with Crippen molar-refractivity contribution in [1.82, 2.24) is 4.90 Å². The highest BCUT2D eigenvalue weighted by molar-refractivity contribution is 5.79. The monoisotopic (exact) mass is 547 g/mol. The van der Waals surface area contributed by atoms with E-state index in [0.717, 1.165) is 0 Å². The molecule has 38 heavy (non-hydrogen) atoms. The van der Waals surface area contributed by atoms with Gasteiger partial charge in [0, 0.05) is 25.8 Å². The second-order valence-electron chi connectivity index (χ2n) is 9.46. The molecule has 0 N–H and O–H groups in total. The highest BCUT2D eigenvalue weighted by atomic mass is 19.4. The third-order valence-corrected chi connectivity index (χ3v) is 6.88. The predicted octanol–water partition coefficient (Wildman–Crippen LogP) is 6.03. The van der Waals surface area contributed by atoms with Crippen LogP contribution in [0.3, 0.4) is 0 Å². The van der Waals surface area contributed by atoms with Crippen LogP contribution in [-0.2, 0) is 31.4 Å². The van der Waals surface area contributed by atoms with Crippen LogP contribution in [0.4, 0.5) is 30.7 Å². The van der Waals surface area contributed by atoms with Crippen molar-refractivity contribution in [3.8, 4) is 0 Å². The standard InChI is InChI=1S/C26H24F7NO4/c1-13(16-9-17(25(28,29)30)11-18(10-16)26(31,32)33)37-21-12-34-22(36)8-7-20(38-14(2)35)24(34)23(21)15-3-5-19(27)6-4-15/h3-6,9-11,13,20-21,23-24H,7-8,12H2,1-2H3/t13-,20?,21+,23-,24-/m1/s1. The van der Waals surface area contributed by atoms with E-state index in [9.17, 15) is 40.3 Å². The zero-order chi connectivity index (χ0) is 28.0. The van der Waals surface area contributed by atoms with Crippen molar-refractivity contribution in [1.29, 1.82) is 0 Å². The molecule has 5 nitrogen and oxygen atoms in total. The van der Waals surface area contributed by atoms with E-state index in [-0.39, 0.29) is 36.9 Å². The molecule has 2 aromatic rings. The molecule has 1 unspecified atom stereocenters. The number of halogens is 7. The highest BCUT2D eigenvalue weighted by Crippen LogP contribution is 2.44. The number of fused-ring (bicyclic) bond motifs is 1. The fourth-order valence-electron chi connectivity index (χ4n) is 5.24. The zero-order valence-electron chi connectivity index (χ0n) is 20.3. The number of carbonyl (C=O) groups is 2. The van der Waals surface area contributed by atoms with Gasteiger partial charge in [0.25, 0.3) is 0 Å². The summed E-state index contributed by atoms with van der Waals surface area (Å²) in [7, 11) is 0. The van der Waals surface area contributed by atoms with Crippen LogP contribution in [0.1, 0.15) is 61.0 Å². The fraction of sp³-hybridized carbons (Fsp3) is 0.462. The van der Waals surface area contributed by atoms with E-state index < -0.39 is 65.5 Å². The minimum Gasteiger partial charge on any atom is -0.460 e. The maximum Gasteiger partial charge on any atom is 0.416 e. The summed E-state index contributed by atoms with van der Waals surface area (Å²) in [4.78, 5) is 26.0. The Labute approximate surface area is 213 Å². The summed E-state index contributed by atoms with van der Waals surface area (Å²) in [5, 5.41) is 0. The van der Waals surface area contributed by atoms with Crippen LogP contribution < -0.4 is 0 Å². The molecular formula is C26H24F7NO4. The normalized spacial score (nSPS) is 24.8. The molecule has 2 fully saturated rings. The number of benzene rings is 2. The lowest BCUT2D eigenvalue weighted by Crippen LogP contribution is -2.50. The van der Waals surface area contributed by atoms with Gasteiger partial charge in [-0.3, -0.25) is 9.59 Å². The summed E-state index contributed by atoms with van der Waals surface area (Å²) in [5.41, 5.74) is -2.77. The highest BCUT2D eigenvalue weighted by Gasteiger charge is 2.52. The second-order valence-corrected chi connectivity index (χ2v) is 9.46. The zero-order valence-corrected chi connectivity index (χ0v) is 20.3. The maximum atomic E-state index is 13.7. The van der Waals surface area contributed by atoms with Crippen LogP contribution in [0.5, 0.6) is 0 Å². The van der Waals surface area contributed by atoms with Gasteiger partial charge in [-0.2, -0.15) is 26.3 Å². The Bertz CT molecular complexity index is 1160. The van der Waals surface area contributed by atoms with Crippen LogP contribution >= 0.6 is 0 Å². The van der Waals surface area contributed by atoms with Crippen molar-refractivity contribution >= 4 is 11.9 Å². The second kappa shape index (κ2) is 10.2. The fourth-order valence-corrected chi connectivity index (χ4v) is 5.24. The van der Waals surface area contributed by atoms with Crippen molar-refractivity contribution in [3.05, 3.63) is 70.5 Å². The molecule has 0 spiro atoms. The Balaban J connectivity index is 1.72. The SMILES string of the molecule is CC(=O)OC1CCC(=O)N2C[C@H](O[C@H](C)c3cc(C(F)(F)F)cc(C(F)(F)F)c3)[C@@H](c3ccc(F)cc3)[C@@H]12. The minimum atomic E-state index is -5.02. The number of piperidine rings is 1. The number of carbonyl (C=O) groups excluding carboxylic acids is 2.